The van der Waals surface area contributed by atoms with Gasteiger partial charge in [0.15, 0.2) is 0 Å². The van der Waals surface area contributed by atoms with Crippen LogP contribution in [0.2, 0.25) is 0 Å². The van der Waals surface area contributed by atoms with Crippen LogP contribution in [0.25, 0.3) is 0 Å². The summed E-state index contributed by atoms with van der Waals surface area (Å²) in [7, 11) is 3.34. The molecule has 0 aliphatic heterocycles. The summed E-state index contributed by atoms with van der Waals surface area (Å²) in [6, 6.07) is 6.98. The van der Waals surface area contributed by atoms with Gasteiger partial charge in [0.25, 0.3) is 5.91 Å². The summed E-state index contributed by atoms with van der Waals surface area (Å²) in [6.45, 7) is 0. The Morgan fingerprint density at radius 2 is 2.16 bits per heavy atom. The Morgan fingerprint density at radius 1 is 1.42 bits per heavy atom. The first-order chi connectivity index (χ1) is 9.01. The molecule has 19 heavy (non-hydrogen) atoms. The number of hydrogen-bond donors (Lipinski definition) is 2. The molecule has 0 atom stereocenters. The minimum absolute atomic E-state index is 0.219. The second kappa shape index (κ2) is 5.36. The predicted octanol–water partition coefficient (Wildman–Crippen LogP) is 2.63. The molecule has 6 heteroatoms. The molecule has 100 valence electrons. The summed E-state index contributed by atoms with van der Waals surface area (Å²) in [6.07, 6.45) is 1.69. The number of hydrogen-bond acceptors (Lipinski definition) is 3. The topological polar surface area (TPSA) is 69.3 Å². The van der Waals surface area contributed by atoms with Crippen molar-refractivity contribution >= 4 is 33.2 Å². The molecule has 1 heterocycles. The number of ether oxygens (including phenoxy) is 1. The molecule has 0 saturated heterocycles. The van der Waals surface area contributed by atoms with E-state index in [1.54, 1.807) is 43.1 Å². The van der Waals surface area contributed by atoms with Gasteiger partial charge in [-0.25, -0.2) is 0 Å². The maximum Gasteiger partial charge on any atom is 0.272 e. The fourth-order valence-corrected chi connectivity index (χ4v) is 2.16. The van der Waals surface area contributed by atoms with Gasteiger partial charge in [0, 0.05) is 25.0 Å². The number of carbonyl (C=O) groups is 1. The summed E-state index contributed by atoms with van der Waals surface area (Å²) >= 11 is 3.36. The van der Waals surface area contributed by atoms with E-state index in [1.807, 2.05) is 6.07 Å². The quantitative estimate of drug-likeness (QED) is 0.912. The molecule has 1 aromatic carbocycles. The lowest BCUT2D eigenvalue weighted by Crippen LogP contribution is -2.15. The number of carbonyl (C=O) groups excluding carboxylic acids is 1. The predicted molar refractivity (Wildman–Crippen MR) is 78.5 cm³/mol. The highest BCUT2D eigenvalue weighted by molar-refractivity contribution is 9.10. The molecule has 0 saturated carbocycles. The Balaban J connectivity index is 2.21. The summed E-state index contributed by atoms with van der Waals surface area (Å²) in [5.41, 5.74) is 7.36. The van der Waals surface area contributed by atoms with Crippen molar-refractivity contribution in [2.75, 3.05) is 18.2 Å². The highest BCUT2D eigenvalue weighted by atomic mass is 79.9. The lowest BCUT2D eigenvalue weighted by Gasteiger charge is -2.09. The van der Waals surface area contributed by atoms with Crippen LogP contribution in [0.15, 0.2) is 34.9 Å². The standard InChI is InChI=1S/C13H14BrN3O2/c1-17-7-8(15)5-11(17)13(18)16-9-3-4-10(14)12(6-9)19-2/h3-7H,15H2,1-2H3,(H,16,18). The molecule has 0 radical (unpaired) electrons. The Morgan fingerprint density at radius 3 is 2.74 bits per heavy atom. The van der Waals surface area contributed by atoms with Crippen molar-refractivity contribution in [2.45, 2.75) is 0 Å². The van der Waals surface area contributed by atoms with E-state index >= 15 is 0 Å². The number of nitrogens with one attached hydrogen (secondary N) is 1. The van der Waals surface area contributed by atoms with E-state index in [2.05, 4.69) is 21.2 Å². The fraction of sp³-hybridized carbons (Fsp3) is 0.154. The largest absolute Gasteiger partial charge is 0.495 e. The van der Waals surface area contributed by atoms with Crippen LogP contribution in [0.5, 0.6) is 5.75 Å². The van der Waals surface area contributed by atoms with Gasteiger partial charge in [0.2, 0.25) is 0 Å². The number of halogens is 1. The summed E-state index contributed by atoms with van der Waals surface area (Å²) < 4.78 is 7.69. The zero-order valence-corrected chi connectivity index (χ0v) is 12.2. The summed E-state index contributed by atoms with van der Waals surface area (Å²) in [4.78, 5) is 12.1. The number of nitrogens with two attached hydrogens (primary N) is 1. The first kappa shape index (κ1) is 13.5. The van der Waals surface area contributed by atoms with Crippen LogP contribution >= 0.6 is 15.9 Å². The fourth-order valence-electron chi connectivity index (χ4n) is 1.75. The zero-order valence-electron chi connectivity index (χ0n) is 10.6. The molecule has 2 rings (SSSR count). The molecule has 3 N–H and O–H groups in total. The highest BCUT2D eigenvalue weighted by Gasteiger charge is 2.12. The number of nitrogens with zero attached hydrogens (tertiary/aromatic N) is 1. The number of aryl methyl sites for hydroxylation is 1. The molecule has 0 spiro atoms. The van der Waals surface area contributed by atoms with Crippen LogP contribution in [0, 0.1) is 0 Å². The van der Waals surface area contributed by atoms with Crippen LogP contribution in [0.4, 0.5) is 11.4 Å². The smallest absolute Gasteiger partial charge is 0.272 e. The molecule has 0 bridgehead atoms. The number of benzene rings is 1. The van der Waals surface area contributed by atoms with Gasteiger partial charge >= 0.3 is 0 Å². The van der Waals surface area contributed by atoms with E-state index < -0.39 is 0 Å². The maximum atomic E-state index is 12.1. The second-order valence-electron chi connectivity index (χ2n) is 4.07. The first-order valence-corrected chi connectivity index (χ1v) is 6.37. The molecule has 5 nitrogen and oxygen atoms in total. The van der Waals surface area contributed by atoms with Crippen LogP contribution in [-0.4, -0.2) is 17.6 Å². The number of aromatic nitrogens is 1. The molecular formula is C13H14BrN3O2. The number of rotatable bonds is 3. The van der Waals surface area contributed by atoms with Crippen molar-refractivity contribution in [3.63, 3.8) is 0 Å². The Labute approximate surface area is 119 Å². The lowest BCUT2D eigenvalue weighted by atomic mass is 10.3. The zero-order chi connectivity index (χ0) is 14.0. The van der Waals surface area contributed by atoms with Gasteiger partial charge < -0.3 is 20.4 Å². The average molecular weight is 324 g/mol. The van der Waals surface area contributed by atoms with E-state index in [0.29, 0.717) is 22.8 Å². The number of methoxy groups -OCH3 is 1. The van der Waals surface area contributed by atoms with Gasteiger partial charge in [-0.15, -0.1) is 0 Å². The van der Waals surface area contributed by atoms with Gasteiger partial charge in [0.1, 0.15) is 11.4 Å². The van der Waals surface area contributed by atoms with E-state index in [0.717, 1.165) is 4.47 Å². The Hall–Kier alpha value is -1.95. The molecule has 1 amide bonds. The Kier molecular flexibility index (Phi) is 3.80. The van der Waals surface area contributed by atoms with Gasteiger partial charge in [-0.1, -0.05) is 0 Å². The van der Waals surface area contributed by atoms with E-state index in [9.17, 15) is 4.79 Å². The van der Waals surface area contributed by atoms with Crippen LogP contribution in [0.1, 0.15) is 10.5 Å². The minimum atomic E-state index is -0.219. The van der Waals surface area contributed by atoms with Gasteiger partial charge in [-0.3, -0.25) is 4.79 Å². The average Bonchev–Trinajstić information content (AvgIpc) is 2.71. The van der Waals surface area contributed by atoms with Crippen LogP contribution in [-0.2, 0) is 7.05 Å². The summed E-state index contributed by atoms with van der Waals surface area (Å²) in [5.74, 6) is 0.438. The third-order valence-corrected chi connectivity index (χ3v) is 3.32. The van der Waals surface area contributed by atoms with Gasteiger partial charge in [-0.05, 0) is 34.1 Å². The molecule has 0 aliphatic carbocycles. The molecule has 2 aromatic rings. The van der Waals surface area contributed by atoms with E-state index in [1.165, 1.54) is 0 Å². The van der Waals surface area contributed by atoms with Crippen molar-refractivity contribution < 1.29 is 9.53 Å². The number of amides is 1. The number of anilines is 2. The maximum absolute atomic E-state index is 12.1. The third kappa shape index (κ3) is 2.90. The molecule has 0 unspecified atom stereocenters. The molecular weight excluding hydrogens is 310 g/mol. The first-order valence-electron chi connectivity index (χ1n) is 5.58. The van der Waals surface area contributed by atoms with Crippen molar-refractivity contribution in [3.05, 3.63) is 40.6 Å². The van der Waals surface area contributed by atoms with Crippen LogP contribution < -0.4 is 15.8 Å². The van der Waals surface area contributed by atoms with E-state index in [4.69, 9.17) is 10.5 Å². The Bertz CT molecular complexity index is 622. The minimum Gasteiger partial charge on any atom is -0.495 e. The van der Waals surface area contributed by atoms with Crippen LogP contribution in [0.3, 0.4) is 0 Å². The van der Waals surface area contributed by atoms with Crippen molar-refractivity contribution in [1.29, 1.82) is 0 Å². The molecule has 0 fully saturated rings. The number of nitrogen functional groups attached to an aromatic ring is 1. The highest BCUT2D eigenvalue weighted by Crippen LogP contribution is 2.28. The van der Waals surface area contributed by atoms with Crippen molar-refractivity contribution in [1.82, 2.24) is 4.57 Å². The SMILES string of the molecule is COc1cc(NC(=O)c2cc(N)cn2C)ccc1Br. The van der Waals surface area contributed by atoms with Gasteiger partial charge in [0.05, 0.1) is 17.3 Å². The normalized spacial score (nSPS) is 10.3. The van der Waals surface area contributed by atoms with E-state index in [-0.39, 0.29) is 5.91 Å². The molecule has 0 aliphatic rings. The van der Waals surface area contributed by atoms with Crippen molar-refractivity contribution in [3.8, 4) is 5.75 Å². The van der Waals surface area contributed by atoms with Crippen molar-refractivity contribution in [2.24, 2.45) is 7.05 Å². The monoisotopic (exact) mass is 323 g/mol. The second-order valence-corrected chi connectivity index (χ2v) is 4.93. The van der Waals surface area contributed by atoms with Gasteiger partial charge in [-0.2, -0.15) is 0 Å². The molecule has 1 aromatic heterocycles. The summed E-state index contributed by atoms with van der Waals surface area (Å²) in [5, 5.41) is 2.80. The third-order valence-electron chi connectivity index (χ3n) is 2.67. The lowest BCUT2D eigenvalue weighted by molar-refractivity contribution is 0.101.